The van der Waals surface area contributed by atoms with Crippen LogP contribution >= 0.6 is 11.6 Å². The van der Waals surface area contributed by atoms with Gasteiger partial charge in [-0.2, -0.15) is 0 Å². The molecular formula is C25H28ClFN4O3. The summed E-state index contributed by atoms with van der Waals surface area (Å²) in [6, 6.07) is 2.81. The number of nitrogens with one attached hydrogen (secondary N) is 2. The molecule has 0 atom stereocenters. The zero-order valence-electron chi connectivity index (χ0n) is 19.1. The smallest absolute Gasteiger partial charge is 0.270 e. The number of benzene rings is 1. The number of amides is 2. The molecule has 2 saturated carbocycles. The number of ketones is 1. The van der Waals surface area contributed by atoms with Gasteiger partial charge in [0.05, 0.1) is 22.5 Å². The summed E-state index contributed by atoms with van der Waals surface area (Å²) in [6.45, 7) is 2.20. The second kappa shape index (κ2) is 8.80. The van der Waals surface area contributed by atoms with E-state index in [-0.39, 0.29) is 45.9 Å². The predicted molar refractivity (Wildman–Crippen MR) is 126 cm³/mol. The average molecular weight is 487 g/mol. The normalized spacial score (nSPS) is 24.6. The summed E-state index contributed by atoms with van der Waals surface area (Å²) in [7, 11) is 0. The number of aromatic nitrogens is 2. The van der Waals surface area contributed by atoms with Crippen LogP contribution in [0.5, 0.6) is 0 Å². The summed E-state index contributed by atoms with van der Waals surface area (Å²) < 4.78 is 13.8. The molecule has 3 fully saturated rings. The van der Waals surface area contributed by atoms with E-state index in [2.05, 4.69) is 15.3 Å². The molecule has 180 valence electrons. The van der Waals surface area contributed by atoms with Gasteiger partial charge in [-0.15, -0.1) is 0 Å². The third kappa shape index (κ3) is 4.24. The molecule has 0 radical (unpaired) electrons. The number of H-pyrrole nitrogens is 1. The summed E-state index contributed by atoms with van der Waals surface area (Å²) in [4.78, 5) is 47.3. The molecule has 2 aromatic rings. The molecule has 7 nitrogen and oxygen atoms in total. The predicted octanol–water partition coefficient (Wildman–Crippen LogP) is 4.59. The van der Waals surface area contributed by atoms with Crippen molar-refractivity contribution in [2.75, 3.05) is 11.4 Å². The molecule has 1 aromatic heterocycles. The quantitative estimate of drug-likeness (QED) is 0.584. The Labute approximate surface area is 202 Å². The van der Waals surface area contributed by atoms with E-state index < -0.39 is 5.41 Å². The van der Waals surface area contributed by atoms with Crippen molar-refractivity contribution in [3.05, 3.63) is 46.3 Å². The van der Waals surface area contributed by atoms with E-state index in [1.54, 1.807) is 17.9 Å². The molecule has 2 N–H and O–H groups in total. The third-order valence-corrected chi connectivity index (χ3v) is 7.91. The minimum Gasteiger partial charge on any atom is -0.348 e. The number of Topliss-reactive ketones (excluding diaryl/α,β-unsaturated/α-hetero) is 1. The van der Waals surface area contributed by atoms with E-state index in [1.165, 1.54) is 12.4 Å². The van der Waals surface area contributed by atoms with E-state index in [9.17, 15) is 18.8 Å². The number of carbonyl (C=O) groups excluding carboxylic acids is 3. The number of nitrogens with zero attached hydrogens (tertiary/aromatic N) is 2. The Kier molecular flexibility index (Phi) is 5.96. The molecule has 3 aliphatic rings. The Morgan fingerprint density at radius 3 is 2.68 bits per heavy atom. The first kappa shape index (κ1) is 23.0. The second-order valence-electron chi connectivity index (χ2n) is 9.98. The number of halogens is 2. The van der Waals surface area contributed by atoms with Gasteiger partial charge in [0, 0.05) is 19.0 Å². The van der Waals surface area contributed by atoms with Crippen molar-refractivity contribution in [2.45, 2.75) is 64.3 Å². The number of hydrogen-bond acceptors (Lipinski definition) is 4. The standard InChI is InChI=1S/C25H28ClFN4O3/c1-14-10-19(17(26)12-18(14)27)31-9-8-25(24(31)34)6-4-16(5-7-25)30-23(33)22-21(28-13-29-22)20(32)11-15-2-3-15/h10,12-13,15-16H,2-9,11H2,1H3,(H,28,29)(H,30,33). The van der Waals surface area contributed by atoms with Crippen LogP contribution in [0, 0.1) is 24.1 Å². The Bertz CT molecular complexity index is 1150. The highest BCUT2D eigenvalue weighted by atomic mass is 35.5. The van der Waals surface area contributed by atoms with Gasteiger partial charge >= 0.3 is 0 Å². The van der Waals surface area contributed by atoms with Crippen LogP contribution in [0.1, 0.15) is 77.9 Å². The van der Waals surface area contributed by atoms with Crippen molar-refractivity contribution in [1.82, 2.24) is 15.3 Å². The first-order valence-corrected chi connectivity index (χ1v) is 12.3. The highest BCUT2D eigenvalue weighted by Crippen LogP contribution is 2.47. The molecule has 2 aliphatic carbocycles. The summed E-state index contributed by atoms with van der Waals surface area (Å²) in [5.74, 6) is -0.368. The number of anilines is 1. The van der Waals surface area contributed by atoms with Gasteiger partial charge in [-0.25, -0.2) is 9.37 Å². The minimum atomic E-state index is -0.480. The molecule has 1 saturated heterocycles. The molecule has 5 rings (SSSR count). The lowest BCUT2D eigenvalue weighted by atomic mass is 9.71. The Morgan fingerprint density at radius 2 is 1.97 bits per heavy atom. The van der Waals surface area contributed by atoms with Crippen molar-refractivity contribution < 1.29 is 18.8 Å². The average Bonchev–Trinajstić information content (AvgIpc) is 3.38. The first-order valence-electron chi connectivity index (χ1n) is 11.9. The largest absolute Gasteiger partial charge is 0.348 e. The van der Waals surface area contributed by atoms with Gasteiger partial charge in [-0.3, -0.25) is 14.4 Å². The van der Waals surface area contributed by atoms with Crippen LogP contribution in [0.2, 0.25) is 5.02 Å². The fourth-order valence-corrected chi connectivity index (χ4v) is 5.55. The lowest BCUT2D eigenvalue weighted by Crippen LogP contribution is -2.44. The number of rotatable bonds is 6. The van der Waals surface area contributed by atoms with Crippen LogP contribution in [0.4, 0.5) is 10.1 Å². The lowest BCUT2D eigenvalue weighted by molar-refractivity contribution is -0.127. The Hall–Kier alpha value is -2.74. The van der Waals surface area contributed by atoms with Crippen LogP contribution in [0.3, 0.4) is 0 Å². The van der Waals surface area contributed by atoms with Crippen LogP contribution in [0.25, 0.3) is 0 Å². The van der Waals surface area contributed by atoms with Crippen LogP contribution in [-0.4, -0.2) is 40.2 Å². The lowest BCUT2D eigenvalue weighted by Gasteiger charge is -2.36. The topological polar surface area (TPSA) is 95.2 Å². The highest BCUT2D eigenvalue weighted by Gasteiger charge is 2.49. The van der Waals surface area contributed by atoms with E-state index in [0.29, 0.717) is 62.2 Å². The van der Waals surface area contributed by atoms with E-state index in [1.807, 2.05) is 0 Å². The maximum Gasteiger partial charge on any atom is 0.270 e. The van der Waals surface area contributed by atoms with E-state index in [0.717, 1.165) is 12.8 Å². The van der Waals surface area contributed by atoms with Crippen molar-refractivity contribution >= 4 is 34.9 Å². The molecule has 34 heavy (non-hydrogen) atoms. The van der Waals surface area contributed by atoms with Crippen LogP contribution in [-0.2, 0) is 4.79 Å². The van der Waals surface area contributed by atoms with Crippen molar-refractivity contribution in [1.29, 1.82) is 0 Å². The molecule has 9 heteroatoms. The van der Waals surface area contributed by atoms with Gasteiger partial charge in [0.2, 0.25) is 5.91 Å². The van der Waals surface area contributed by atoms with Gasteiger partial charge in [0.25, 0.3) is 5.91 Å². The molecule has 2 heterocycles. The Balaban J connectivity index is 1.21. The fourth-order valence-electron chi connectivity index (χ4n) is 5.30. The van der Waals surface area contributed by atoms with Gasteiger partial charge in [0.1, 0.15) is 17.2 Å². The maximum atomic E-state index is 13.8. The summed E-state index contributed by atoms with van der Waals surface area (Å²) in [6.07, 6.45) is 7.30. The maximum absolute atomic E-state index is 13.8. The summed E-state index contributed by atoms with van der Waals surface area (Å²) >= 11 is 6.26. The zero-order chi connectivity index (χ0) is 24.0. The molecule has 0 bridgehead atoms. The van der Waals surface area contributed by atoms with Gasteiger partial charge in [0.15, 0.2) is 5.78 Å². The summed E-state index contributed by atoms with van der Waals surface area (Å²) in [5.41, 5.74) is 0.959. The fraction of sp³-hybridized carbons (Fsp3) is 0.520. The van der Waals surface area contributed by atoms with Crippen LogP contribution < -0.4 is 10.2 Å². The van der Waals surface area contributed by atoms with Crippen molar-refractivity contribution in [2.24, 2.45) is 11.3 Å². The monoisotopic (exact) mass is 486 g/mol. The number of carbonyl (C=O) groups is 3. The van der Waals surface area contributed by atoms with Gasteiger partial charge in [-0.05, 0) is 75.5 Å². The molecule has 0 unspecified atom stereocenters. The van der Waals surface area contributed by atoms with Crippen molar-refractivity contribution in [3.8, 4) is 0 Å². The third-order valence-electron chi connectivity index (χ3n) is 7.61. The minimum absolute atomic E-state index is 0.0201. The SMILES string of the molecule is Cc1cc(N2CCC3(CCC(NC(=O)c4[nH]cnc4C(=O)CC4CC4)CC3)C2=O)c(Cl)cc1F. The zero-order valence-corrected chi connectivity index (χ0v) is 19.9. The van der Waals surface area contributed by atoms with E-state index >= 15 is 0 Å². The number of hydrogen-bond donors (Lipinski definition) is 2. The second-order valence-corrected chi connectivity index (χ2v) is 10.4. The number of aromatic amines is 1. The molecule has 1 spiro atoms. The van der Waals surface area contributed by atoms with Crippen molar-refractivity contribution in [3.63, 3.8) is 0 Å². The van der Waals surface area contributed by atoms with Gasteiger partial charge < -0.3 is 15.2 Å². The van der Waals surface area contributed by atoms with Gasteiger partial charge in [-0.1, -0.05) is 11.6 Å². The van der Waals surface area contributed by atoms with E-state index in [4.69, 9.17) is 11.6 Å². The molecule has 2 amide bonds. The van der Waals surface area contributed by atoms with Crippen LogP contribution in [0.15, 0.2) is 18.5 Å². The highest BCUT2D eigenvalue weighted by molar-refractivity contribution is 6.34. The molecule has 1 aromatic carbocycles. The number of aryl methyl sites for hydroxylation is 1. The molecular weight excluding hydrogens is 459 g/mol. The Morgan fingerprint density at radius 1 is 1.24 bits per heavy atom. The first-order chi connectivity index (χ1) is 16.3. The molecule has 1 aliphatic heterocycles. The summed E-state index contributed by atoms with van der Waals surface area (Å²) in [5, 5.41) is 3.26. The number of imidazole rings is 1.